The summed E-state index contributed by atoms with van der Waals surface area (Å²) in [6.07, 6.45) is 5.83. The summed E-state index contributed by atoms with van der Waals surface area (Å²) in [6, 6.07) is 0. The maximum absolute atomic E-state index is 11.9. The van der Waals surface area contributed by atoms with E-state index in [1.807, 2.05) is 6.92 Å². The lowest BCUT2D eigenvalue weighted by molar-refractivity contribution is -0.127. The molecule has 146 valence electrons. The zero-order valence-electron chi connectivity index (χ0n) is 16.9. The first kappa shape index (κ1) is 21.7. The van der Waals surface area contributed by atoms with Crippen molar-refractivity contribution in [2.24, 2.45) is 10.4 Å². The molecule has 0 radical (unpaired) electrons. The Morgan fingerprint density at radius 3 is 2.76 bits per heavy atom. The average molecular weight is 355 g/mol. The van der Waals surface area contributed by atoms with Crippen LogP contribution in [0.5, 0.6) is 0 Å². The van der Waals surface area contributed by atoms with Gasteiger partial charge in [-0.05, 0) is 38.0 Å². The van der Waals surface area contributed by atoms with E-state index in [1.54, 1.807) is 19.0 Å². The Labute approximate surface area is 154 Å². The lowest BCUT2D eigenvalue weighted by Gasteiger charge is -2.42. The van der Waals surface area contributed by atoms with Gasteiger partial charge in [0.25, 0.3) is 0 Å². The van der Waals surface area contributed by atoms with E-state index in [-0.39, 0.29) is 12.5 Å². The first-order valence-electron chi connectivity index (χ1n) is 9.73. The number of likely N-dealkylation sites (N-methyl/N-ethyl adjacent to an activating group) is 1. The van der Waals surface area contributed by atoms with E-state index in [9.17, 15) is 4.79 Å². The molecular formula is C19H38N4O2. The van der Waals surface area contributed by atoms with Gasteiger partial charge >= 0.3 is 0 Å². The monoisotopic (exact) mass is 354 g/mol. The number of ether oxygens (including phenoxy) is 1. The molecule has 0 spiro atoms. The molecule has 1 aliphatic rings. The van der Waals surface area contributed by atoms with Gasteiger partial charge in [-0.25, -0.2) is 4.99 Å². The van der Waals surface area contributed by atoms with E-state index in [4.69, 9.17) is 4.74 Å². The smallest absolute Gasteiger partial charge is 0.243 e. The Hall–Kier alpha value is -1.30. The summed E-state index contributed by atoms with van der Waals surface area (Å²) in [5.74, 6) is 0.899. The number of piperidine rings is 1. The third-order valence-corrected chi connectivity index (χ3v) is 4.75. The summed E-state index contributed by atoms with van der Waals surface area (Å²) in [5.41, 5.74) is 0.340. The molecule has 6 heteroatoms. The molecule has 1 N–H and O–H groups in total. The first-order chi connectivity index (χ1) is 11.9. The van der Waals surface area contributed by atoms with Crippen LogP contribution in [0.2, 0.25) is 0 Å². The third kappa shape index (κ3) is 8.08. The Morgan fingerprint density at radius 1 is 1.36 bits per heavy atom. The molecule has 0 aromatic rings. The standard InChI is InChI=1S/C19H38N4O2/c1-6-10-19(3)11-8-13-23(16-19)18(20-12-9-14-25-7-2)21-15-17(24)22(4)5/h6-16H2,1-5H3,(H,20,21). The van der Waals surface area contributed by atoms with Gasteiger partial charge in [-0.15, -0.1) is 0 Å². The van der Waals surface area contributed by atoms with Gasteiger partial charge in [0, 0.05) is 46.9 Å². The molecule has 25 heavy (non-hydrogen) atoms. The fourth-order valence-electron chi connectivity index (χ4n) is 3.37. The number of nitrogens with zero attached hydrogens (tertiary/aromatic N) is 3. The van der Waals surface area contributed by atoms with Crippen molar-refractivity contribution in [1.29, 1.82) is 0 Å². The van der Waals surface area contributed by atoms with E-state index in [2.05, 4.69) is 29.1 Å². The Morgan fingerprint density at radius 2 is 2.12 bits per heavy atom. The second-order valence-electron chi connectivity index (χ2n) is 7.49. The molecule has 0 bridgehead atoms. The highest BCUT2D eigenvalue weighted by Crippen LogP contribution is 2.33. The summed E-state index contributed by atoms with van der Waals surface area (Å²) in [6.45, 7) is 11.2. The largest absolute Gasteiger partial charge is 0.382 e. The third-order valence-electron chi connectivity index (χ3n) is 4.75. The minimum Gasteiger partial charge on any atom is -0.382 e. The molecule has 1 rings (SSSR count). The van der Waals surface area contributed by atoms with Gasteiger partial charge in [0.1, 0.15) is 6.54 Å². The quantitative estimate of drug-likeness (QED) is 0.392. The van der Waals surface area contributed by atoms with Crippen LogP contribution in [0.15, 0.2) is 4.99 Å². The molecule has 1 fully saturated rings. The van der Waals surface area contributed by atoms with Crippen molar-refractivity contribution in [1.82, 2.24) is 15.1 Å². The van der Waals surface area contributed by atoms with Crippen LogP contribution < -0.4 is 5.32 Å². The van der Waals surface area contributed by atoms with E-state index in [1.165, 1.54) is 25.7 Å². The van der Waals surface area contributed by atoms with Crippen molar-refractivity contribution in [2.45, 2.75) is 52.9 Å². The first-order valence-corrected chi connectivity index (χ1v) is 9.73. The zero-order chi connectivity index (χ0) is 18.7. The van der Waals surface area contributed by atoms with Crippen LogP contribution in [-0.2, 0) is 9.53 Å². The Bertz CT molecular complexity index is 422. The molecule has 0 saturated carbocycles. The molecule has 0 aromatic carbocycles. The number of carbonyl (C=O) groups is 1. The summed E-state index contributed by atoms with van der Waals surface area (Å²) in [4.78, 5) is 20.5. The van der Waals surface area contributed by atoms with Gasteiger partial charge in [-0.1, -0.05) is 20.3 Å². The predicted molar refractivity (Wildman–Crippen MR) is 104 cm³/mol. The number of nitrogens with one attached hydrogen (secondary N) is 1. The summed E-state index contributed by atoms with van der Waals surface area (Å²) < 4.78 is 5.40. The molecule has 1 heterocycles. The number of guanidine groups is 1. The van der Waals surface area contributed by atoms with Crippen LogP contribution in [0, 0.1) is 5.41 Å². The van der Waals surface area contributed by atoms with Crippen LogP contribution in [0.1, 0.15) is 52.9 Å². The van der Waals surface area contributed by atoms with Gasteiger partial charge in [0.05, 0.1) is 0 Å². The number of rotatable bonds is 9. The van der Waals surface area contributed by atoms with Gasteiger partial charge in [0.2, 0.25) is 5.91 Å². The normalized spacial score (nSPS) is 21.3. The number of likely N-dealkylation sites (tertiary alicyclic amines) is 1. The van der Waals surface area contributed by atoms with Crippen molar-refractivity contribution in [2.75, 3.05) is 53.5 Å². The minimum absolute atomic E-state index is 0.0296. The predicted octanol–water partition coefficient (Wildman–Crippen LogP) is 2.35. The molecule has 1 saturated heterocycles. The topological polar surface area (TPSA) is 57.2 Å². The SMILES string of the molecule is CCCC1(C)CCCN(C(=NCC(=O)N(C)C)NCCCOCC)C1. The van der Waals surface area contributed by atoms with Crippen LogP contribution >= 0.6 is 0 Å². The van der Waals surface area contributed by atoms with Gasteiger partial charge in [0.15, 0.2) is 5.96 Å². The highest BCUT2D eigenvalue weighted by atomic mass is 16.5. The molecule has 0 aromatic heterocycles. The lowest BCUT2D eigenvalue weighted by atomic mass is 9.78. The lowest BCUT2D eigenvalue weighted by Crippen LogP contribution is -2.50. The van der Waals surface area contributed by atoms with Gasteiger partial charge in [-0.3, -0.25) is 4.79 Å². The average Bonchev–Trinajstić information content (AvgIpc) is 2.56. The molecule has 1 aliphatic heterocycles. The maximum Gasteiger partial charge on any atom is 0.243 e. The van der Waals surface area contributed by atoms with E-state index < -0.39 is 0 Å². The number of aliphatic imine (C=N–C) groups is 1. The van der Waals surface area contributed by atoms with Gasteiger partial charge < -0.3 is 19.9 Å². The van der Waals surface area contributed by atoms with E-state index >= 15 is 0 Å². The minimum atomic E-state index is 0.0296. The fourth-order valence-corrected chi connectivity index (χ4v) is 3.37. The fraction of sp³-hybridized carbons (Fsp3) is 0.895. The summed E-state index contributed by atoms with van der Waals surface area (Å²) in [5, 5.41) is 3.45. The Kier molecular flexibility index (Phi) is 9.86. The summed E-state index contributed by atoms with van der Waals surface area (Å²) >= 11 is 0. The highest BCUT2D eigenvalue weighted by molar-refractivity contribution is 5.84. The van der Waals surface area contributed by atoms with Crippen molar-refractivity contribution >= 4 is 11.9 Å². The molecule has 1 unspecified atom stereocenters. The Balaban J connectivity index is 2.71. The van der Waals surface area contributed by atoms with Crippen LogP contribution in [-0.4, -0.2) is 75.2 Å². The van der Waals surface area contributed by atoms with Gasteiger partial charge in [-0.2, -0.15) is 0 Å². The molecule has 0 aliphatic carbocycles. The van der Waals surface area contributed by atoms with E-state index in [0.29, 0.717) is 5.41 Å². The highest BCUT2D eigenvalue weighted by Gasteiger charge is 2.31. The molecule has 1 amide bonds. The number of carbonyl (C=O) groups excluding carboxylic acids is 1. The van der Waals surface area contributed by atoms with Crippen LogP contribution in [0.4, 0.5) is 0 Å². The number of hydrogen-bond acceptors (Lipinski definition) is 3. The summed E-state index contributed by atoms with van der Waals surface area (Å²) in [7, 11) is 3.54. The number of amides is 1. The molecule has 1 atom stereocenters. The second kappa shape index (κ2) is 11.3. The zero-order valence-corrected chi connectivity index (χ0v) is 16.9. The number of hydrogen-bond donors (Lipinski definition) is 1. The van der Waals surface area contributed by atoms with Crippen LogP contribution in [0.25, 0.3) is 0 Å². The van der Waals surface area contributed by atoms with E-state index in [0.717, 1.165) is 45.2 Å². The molecular weight excluding hydrogens is 316 g/mol. The van der Waals surface area contributed by atoms with Crippen molar-refractivity contribution in [3.63, 3.8) is 0 Å². The van der Waals surface area contributed by atoms with Crippen molar-refractivity contribution in [3.8, 4) is 0 Å². The molecule has 6 nitrogen and oxygen atoms in total. The second-order valence-corrected chi connectivity index (χ2v) is 7.49. The maximum atomic E-state index is 11.9. The van der Waals surface area contributed by atoms with Crippen molar-refractivity contribution in [3.05, 3.63) is 0 Å². The van der Waals surface area contributed by atoms with Crippen LogP contribution in [0.3, 0.4) is 0 Å². The van der Waals surface area contributed by atoms with Crippen molar-refractivity contribution < 1.29 is 9.53 Å².